The molecule has 0 saturated heterocycles. The third-order valence-electron chi connectivity index (χ3n) is 6.02. The largest absolute Gasteiger partial charge is 0.313 e. The third kappa shape index (κ3) is 3.24. The maximum Gasteiger partial charge on any atom is 0.143 e. The number of hydrogen-bond acceptors (Lipinski definition) is 5. The summed E-state index contributed by atoms with van der Waals surface area (Å²) in [6.45, 7) is 5.58. The van der Waals surface area contributed by atoms with Crippen molar-refractivity contribution in [3.05, 3.63) is 65.4 Å². The number of thioether (sulfide) groups is 1. The molecule has 5 nitrogen and oxygen atoms in total. The smallest absolute Gasteiger partial charge is 0.143 e. The highest BCUT2D eigenvalue weighted by atomic mass is 32.2. The summed E-state index contributed by atoms with van der Waals surface area (Å²) in [5.74, 6) is 3.36. The highest BCUT2D eigenvalue weighted by Gasteiger charge is 2.50. The number of pyridine rings is 1. The van der Waals surface area contributed by atoms with Crippen LogP contribution in [0, 0.1) is 11.3 Å². The topological polar surface area (TPSA) is 67.4 Å². The zero-order valence-corrected chi connectivity index (χ0v) is 17.5. The molecule has 3 heterocycles. The Balaban J connectivity index is 1.46. The van der Waals surface area contributed by atoms with Crippen molar-refractivity contribution in [1.82, 2.24) is 19.7 Å². The summed E-state index contributed by atoms with van der Waals surface area (Å²) in [6, 6.07) is 14.5. The van der Waals surface area contributed by atoms with Crippen LogP contribution in [0.5, 0.6) is 0 Å². The Bertz CT molecular complexity index is 1090. The number of rotatable bonds is 3. The first-order chi connectivity index (χ1) is 14.0. The minimum atomic E-state index is 0.00102. The maximum absolute atomic E-state index is 8.95. The summed E-state index contributed by atoms with van der Waals surface area (Å²) >= 11 is 2.02. The minimum Gasteiger partial charge on any atom is -0.313 e. The molecule has 1 fully saturated rings. The molecule has 0 unspecified atom stereocenters. The van der Waals surface area contributed by atoms with Crippen molar-refractivity contribution in [2.45, 2.75) is 49.8 Å². The summed E-state index contributed by atoms with van der Waals surface area (Å²) in [7, 11) is 0. The van der Waals surface area contributed by atoms with Crippen molar-refractivity contribution in [2.75, 3.05) is 5.75 Å². The predicted molar refractivity (Wildman–Crippen MR) is 115 cm³/mol. The van der Waals surface area contributed by atoms with E-state index in [0.717, 1.165) is 54.5 Å². The second-order valence-corrected chi connectivity index (χ2v) is 10.4. The molecule has 2 aliphatic rings. The number of nitrogens with zero attached hydrogens (tertiary/aromatic N) is 5. The Morgan fingerprint density at radius 2 is 1.86 bits per heavy atom. The van der Waals surface area contributed by atoms with Gasteiger partial charge in [0.1, 0.15) is 17.7 Å². The van der Waals surface area contributed by atoms with Crippen LogP contribution in [0.2, 0.25) is 0 Å². The van der Waals surface area contributed by atoms with Gasteiger partial charge in [-0.2, -0.15) is 17.0 Å². The molecule has 1 aromatic carbocycles. The van der Waals surface area contributed by atoms with E-state index >= 15 is 0 Å². The molecule has 5 rings (SSSR count). The summed E-state index contributed by atoms with van der Waals surface area (Å²) in [5, 5.41) is 18.2. The molecule has 1 aliphatic heterocycles. The van der Waals surface area contributed by atoms with Gasteiger partial charge in [-0.15, -0.1) is 10.2 Å². The van der Waals surface area contributed by atoms with E-state index in [1.807, 2.05) is 23.9 Å². The van der Waals surface area contributed by atoms with Crippen molar-refractivity contribution in [3.8, 4) is 17.3 Å². The van der Waals surface area contributed by atoms with Gasteiger partial charge in [-0.1, -0.05) is 38.1 Å². The molecular formula is C23H23N5S. The van der Waals surface area contributed by atoms with Crippen molar-refractivity contribution in [2.24, 2.45) is 0 Å². The Labute approximate surface area is 175 Å². The lowest BCUT2D eigenvalue weighted by molar-refractivity contribution is 0.607. The molecule has 0 amide bonds. The standard InChI is InChI=1S/C23H23N5S/c1-22(2)13-20-26-27-21(28(20)11-12-29-22)23(9-10-23)18-6-4-17(5-7-18)19-8-3-16(14-24)15-25-19/h3-8,15H,9-13H2,1-2H3. The molecule has 0 radical (unpaired) electrons. The molecule has 29 heavy (non-hydrogen) atoms. The predicted octanol–water partition coefficient (Wildman–Crippen LogP) is 4.36. The molecule has 2 aromatic heterocycles. The first kappa shape index (κ1) is 18.4. The van der Waals surface area contributed by atoms with Crippen LogP contribution in [0.4, 0.5) is 0 Å². The monoisotopic (exact) mass is 401 g/mol. The van der Waals surface area contributed by atoms with Crippen molar-refractivity contribution < 1.29 is 0 Å². The van der Waals surface area contributed by atoms with Gasteiger partial charge in [-0.25, -0.2) is 0 Å². The van der Waals surface area contributed by atoms with E-state index in [1.54, 1.807) is 6.20 Å². The highest BCUT2D eigenvalue weighted by molar-refractivity contribution is 8.00. The average molecular weight is 402 g/mol. The first-order valence-corrected chi connectivity index (χ1v) is 11.0. The van der Waals surface area contributed by atoms with Gasteiger partial charge in [-0.05, 0) is 30.5 Å². The van der Waals surface area contributed by atoms with E-state index < -0.39 is 0 Å². The van der Waals surface area contributed by atoms with Gasteiger partial charge in [0.2, 0.25) is 0 Å². The van der Waals surface area contributed by atoms with Crippen LogP contribution in [0.15, 0.2) is 42.6 Å². The van der Waals surface area contributed by atoms with Crippen molar-refractivity contribution in [1.29, 1.82) is 5.26 Å². The van der Waals surface area contributed by atoms with Crippen LogP contribution in [0.25, 0.3) is 11.3 Å². The SMILES string of the molecule is CC1(C)Cc2nnc(C3(c4ccc(-c5ccc(C#N)cn5)cc4)CC3)n2CCS1. The van der Waals surface area contributed by atoms with Crippen LogP contribution in [0.1, 0.15) is 49.5 Å². The molecule has 0 atom stereocenters. The number of fused-ring (bicyclic) bond motifs is 1. The van der Waals surface area contributed by atoms with Gasteiger partial charge in [0.05, 0.1) is 16.7 Å². The molecule has 3 aromatic rings. The molecular weight excluding hydrogens is 378 g/mol. The summed E-state index contributed by atoms with van der Waals surface area (Å²) in [4.78, 5) is 4.41. The molecule has 0 spiro atoms. The van der Waals surface area contributed by atoms with Crippen molar-refractivity contribution in [3.63, 3.8) is 0 Å². The van der Waals surface area contributed by atoms with Crippen LogP contribution >= 0.6 is 11.8 Å². The average Bonchev–Trinajstić information content (AvgIpc) is 3.48. The van der Waals surface area contributed by atoms with E-state index in [-0.39, 0.29) is 10.2 Å². The van der Waals surface area contributed by atoms with Gasteiger partial charge in [0.25, 0.3) is 0 Å². The Hall–Kier alpha value is -2.65. The lowest BCUT2D eigenvalue weighted by Gasteiger charge is -2.19. The zero-order chi connectivity index (χ0) is 20.1. The third-order valence-corrected chi connectivity index (χ3v) is 7.34. The fourth-order valence-corrected chi connectivity index (χ4v) is 5.31. The van der Waals surface area contributed by atoms with Gasteiger partial charge >= 0.3 is 0 Å². The first-order valence-electron chi connectivity index (χ1n) is 10.0. The van der Waals surface area contributed by atoms with Crippen LogP contribution < -0.4 is 0 Å². The normalized spacial score (nSPS) is 19.1. The maximum atomic E-state index is 8.95. The molecule has 6 heteroatoms. The number of benzene rings is 1. The molecule has 0 N–H and O–H groups in total. The Kier molecular flexibility index (Phi) is 4.25. The molecule has 146 valence electrons. The fraction of sp³-hybridized carbons (Fsp3) is 0.391. The Morgan fingerprint density at radius 1 is 1.07 bits per heavy atom. The van der Waals surface area contributed by atoms with E-state index in [4.69, 9.17) is 5.26 Å². The van der Waals surface area contributed by atoms with E-state index in [2.05, 4.69) is 63.9 Å². The number of hydrogen-bond donors (Lipinski definition) is 0. The lowest BCUT2D eigenvalue weighted by Crippen LogP contribution is -2.19. The van der Waals surface area contributed by atoms with Gasteiger partial charge in [-0.3, -0.25) is 4.98 Å². The second-order valence-electron chi connectivity index (χ2n) is 8.58. The lowest BCUT2D eigenvalue weighted by atomic mass is 9.93. The van der Waals surface area contributed by atoms with Gasteiger partial charge in [0, 0.05) is 35.2 Å². The number of aromatic nitrogens is 4. The molecule has 1 saturated carbocycles. The van der Waals surface area contributed by atoms with Gasteiger partial charge < -0.3 is 4.57 Å². The molecule has 0 bridgehead atoms. The quantitative estimate of drug-likeness (QED) is 0.652. The number of nitriles is 1. The minimum absolute atomic E-state index is 0.00102. The summed E-state index contributed by atoms with van der Waals surface area (Å²) < 4.78 is 2.59. The fourth-order valence-electron chi connectivity index (χ4n) is 4.26. The highest BCUT2D eigenvalue weighted by Crippen LogP contribution is 2.53. The van der Waals surface area contributed by atoms with E-state index in [0.29, 0.717) is 5.56 Å². The summed E-state index contributed by atoms with van der Waals surface area (Å²) in [5.41, 5.74) is 3.83. The van der Waals surface area contributed by atoms with Crippen molar-refractivity contribution >= 4 is 11.8 Å². The van der Waals surface area contributed by atoms with E-state index in [9.17, 15) is 0 Å². The van der Waals surface area contributed by atoms with Crippen LogP contribution in [0.3, 0.4) is 0 Å². The van der Waals surface area contributed by atoms with Crippen LogP contribution in [-0.4, -0.2) is 30.2 Å². The van der Waals surface area contributed by atoms with Gasteiger partial charge in [0.15, 0.2) is 0 Å². The zero-order valence-electron chi connectivity index (χ0n) is 16.7. The van der Waals surface area contributed by atoms with Crippen LogP contribution in [-0.2, 0) is 18.4 Å². The molecule has 1 aliphatic carbocycles. The summed E-state index contributed by atoms with van der Waals surface area (Å²) in [6.07, 6.45) is 4.83. The Morgan fingerprint density at radius 3 is 2.52 bits per heavy atom. The second kappa shape index (κ2) is 6.70. The van der Waals surface area contributed by atoms with E-state index in [1.165, 1.54) is 5.56 Å².